The van der Waals surface area contributed by atoms with Crippen molar-refractivity contribution in [1.29, 1.82) is 0 Å². The molecular formula is C22H22FN5O2. The number of hydrogen-bond donors (Lipinski definition) is 2. The van der Waals surface area contributed by atoms with E-state index < -0.39 is 11.8 Å². The second-order valence-electron chi connectivity index (χ2n) is 6.91. The van der Waals surface area contributed by atoms with Crippen molar-refractivity contribution in [2.45, 2.75) is 13.5 Å². The number of benzene rings is 2. The molecule has 0 unspecified atom stereocenters. The average molecular weight is 407 g/mol. The summed E-state index contributed by atoms with van der Waals surface area (Å²) in [6, 6.07) is 11.3. The number of nitrogens with zero attached hydrogens (tertiary/aromatic N) is 3. The Labute approximate surface area is 174 Å². The molecule has 0 aliphatic rings. The molecule has 0 aliphatic carbocycles. The van der Waals surface area contributed by atoms with Crippen molar-refractivity contribution in [2.24, 2.45) is 0 Å². The number of aromatic nitrogens is 2. The molecule has 2 aromatic carbocycles. The molecule has 0 saturated heterocycles. The molecule has 0 fully saturated rings. The summed E-state index contributed by atoms with van der Waals surface area (Å²) in [6.07, 6.45) is 2.70. The van der Waals surface area contributed by atoms with Crippen LogP contribution >= 0.6 is 0 Å². The zero-order valence-electron chi connectivity index (χ0n) is 16.9. The van der Waals surface area contributed by atoms with Crippen LogP contribution in [0.5, 0.6) is 0 Å². The van der Waals surface area contributed by atoms with Gasteiger partial charge in [0, 0.05) is 44.4 Å². The van der Waals surface area contributed by atoms with Gasteiger partial charge in [0.05, 0.1) is 0 Å². The quantitative estimate of drug-likeness (QED) is 0.655. The topological polar surface area (TPSA) is 87.2 Å². The molecule has 3 aromatic rings. The fraction of sp³-hybridized carbons (Fsp3) is 0.182. The van der Waals surface area contributed by atoms with Crippen LogP contribution in [0.1, 0.15) is 32.1 Å². The van der Waals surface area contributed by atoms with Crippen molar-refractivity contribution in [3.63, 3.8) is 0 Å². The van der Waals surface area contributed by atoms with Crippen molar-refractivity contribution in [3.05, 3.63) is 83.2 Å². The van der Waals surface area contributed by atoms with Crippen LogP contribution < -0.4 is 15.5 Å². The number of aryl methyl sites for hydroxylation is 1. The van der Waals surface area contributed by atoms with E-state index >= 15 is 0 Å². The minimum Gasteiger partial charge on any atom is -0.377 e. The highest BCUT2D eigenvalue weighted by Gasteiger charge is 2.20. The maximum Gasteiger partial charge on any atom is 0.276 e. The summed E-state index contributed by atoms with van der Waals surface area (Å²) < 4.78 is 13.0. The zero-order valence-corrected chi connectivity index (χ0v) is 16.9. The van der Waals surface area contributed by atoms with E-state index in [-0.39, 0.29) is 23.7 Å². The molecule has 3 rings (SSSR count). The fourth-order valence-corrected chi connectivity index (χ4v) is 2.96. The van der Waals surface area contributed by atoms with Gasteiger partial charge in [0.15, 0.2) is 11.4 Å². The molecule has 7 nitrogen and oxygen atoms in total. The first-order valence-electron chi connectivity index (χ1n) is 9.28. The van der Waals surface area contributed by atoms with Gasteiger partial charge < -0.3 is 15.5 Å². The van der Waals surface area contributed by atoms with E-state index in [1.165, 1.54) is 24.5 Å². The van der Waals surface area contributed by atoms with Crippen LogP contribution in [0, 0.1) is 12.7 Å². The van der Waals surface area contributed by atoms with E-state index in [0.29, 0.717) is 5.69 Å². The summed E-state index contributed by atoms with van der Waals surface area (Å²) in [4.78, 5) is 35.3. The first-order chi connectivity index (χ1) is 14.3. The summed E-state index contributed by atoms with van der Waals surface area (Å²) in [5.74, 6) is -1.43. The SMILES string of the molecule is Cc1cc(NC(=O)c2nccnc2C(=O)NCc2ccc(F)cc2)ccc1N(C)C. The number of rotatable bonds is 6. The van der Waals surface area contributed by atoms with Crippen LogP contribution in [-0.4, -0.2) is 35.9 Å². The van der Waals surface area contributed by atoms with Crippen molar-refractivity contribution in [3.8, 4) is 0 Å². The van der Waals surface area contributed by atoms with Gasteiger partial charge in [-0.25, -0.2) is 14.4 Å². The third-order valence-electron chi connectivity index (χ3n) is 4.43. The van der Waals surface area contributed by atoms with Crippen LogP contribution in [0.4, 0.5) is 15.8 Å². The molecule has 0 bridgehead atoms. The Kier molecular flexibility index (Phi) is 6.36. The number of carbonyl (C=O) groups is 2. The summed E-state index contributed by atoms with van der Waals surface area (Å²) in [5, 5.41) is 5.43. The van der Waals surface area contributed by atoms with Crippen molar-refractivity contribution >= 4 is 23.2 Å². The molecule has 154 valence electrons. The third-order valence-corrected chi connectivity index (χ3v) is 4.43. The van der Waals surface area contributed by atoms with Crippen molar-refractivity contribution < 1.29 is 14.0 Å². The third kappa shape index (κ3) is 4.96. The lowest BCUT2D eigenvalue weighted by Crippen LogP contribution is -2.28. The van der Waals surface area contributed by atoms with E-state index in [9.17, 15) is 14.0 Å². The first kappa shape index (κ1) is 20.9. The minimum absolute atomic E-state index is 0.0801. The van der Waals surface area contributed by atoms with Crippen LogP contribution in [0.15, 0.2) is 54.9 Å². The number of carbonyl (C=O) groups excluding carboxylic acids is 2. The second-order valence-corrected chi connectivity index (χ2v) is 6.91. The van der Waals surface area contributed by atoms with Crippen molar-refractivity contribution in [1.82, 2.24) is 15.3 Å². The highest BCUT2D eigenvalue weighted by Crippen LogP contribution is 2.22. The normalized spacial score (nSPS) is 10.4. The molecule has 0 aliphatic heterocycles. The molecule has 2 N–H and O–H groups in total. The van der Waals surface area contributed by atoms with Crippen LogP contribution in [0.25, 0.3) is 0 Å². The maximum absolute atomic E-state index is 13.0. The van der Waals surface area contributed by atoms with Gasteiger partial charge >= 0.3 is 0 Å². The van der Waals surface area contributed by atoms with Crippen molar-refractivity contribution in [2.75, 3.05) is 24.3 Å². The zero-order chi connectivity index (χ0) is 21.7. The lowest BCUT2D eigenvalue weighted by Gasteiger charge is -2.16. The van der Waals surface area contributed by atoms with E-state index in [4.69, 9.17) is 0 Å². The fourth-order valence-electron chi connectivity index (χ4n) is 2.96. The number of anilines is 2. The van der Waals surface area contributed by atoms with Gasteiger partial charge in [0.1, 0.15) is 5.82 Å². The summed E-state index contributed by atoms with van der Waals surface area (Å²) >= 11 is 0. The molecular weight excluding hydrogens is 385 g/mol. The minimum atomic E-state index is -0.545. The Balaban J connectivity index is 1.73. The van der Waals surface area contributed by atoms with Gasteiger partial charge in [-0.3, -0.25) is 9.59 Å². The van der Waals surface area contributed by atoms with Crippen LogP contribution in [0.2, 0.25) is 0 Å². The van der Waals surface area contributed by atoms with E-state index in [1.807, 2.05) is 38.1 Å². The predicted octanol–water partition coefficient (Wildman–Crippen LogP) is 3.17. The Morgan fingerprint density at radius 3 is 2.20 bits per heavy atom. The number of hydrogen-bond acceptors (Lipinski definition) is 5. The monoisotopic (exact) mass is 407 g/mol. The molecule has 1 aromatic heterocycles. The second kappa shape index (κ2) is 9.13. The molecule has 8 heteroatoms. The summed E-state index contributed by atoms with van der Waals surface area (Å²) in [6.45, 7) is 2.11. The lowest BCUT2D eigenvalue weighted by molar-refractivity contribution is 0.0931. The number of halogens is 1. The molecule has 0 atom stereocenters. The Morgan fingerprint density at radius 1 is 0.967 bits per heavy atom. The number of nitrogens with one attached hydrogen (secondary N) is 2. The van der Waals surface area contributed by atoms with Gasteiger partial charge in [0.25, 0.3) is 11.8 Å². The van der Waals surface area contributed by atoms with E-state index in [1.54, 1.807) is 18.2 Å². The van der Waals surface area contributed by atoms with Gasteiger partial charge in [0.2, 0.25) is 0 Å². The Morgan fingerprint density at radius 2 is 1.60 bits per heavy atom. The predicted molar refractivity (Wildman–Crippen MR) is 113 cm³/mol. The molecule has 0 radical (unpaired) electrons. The smallest absolute Gasteiger partial charge is 0.276 e. The molecule has 2 amide bonds. The van der Waals surface area contributed by atoms with Gasteiger partial charge in [-0.15, -0.1) is 0 Å². The molecule has 0 spiro atoms. The lowest BCUT2D eigenvalue weighted by atomic mass is 10.1. The average Bonchev–Trinajstić information content (AvgIpc) is 2.73. The Hall–Kier alpha value is -3.81. The molecule has 30 heavy (non-hydrogen) atoms. The Bertz CT molecular complexity index is 1070. The standard InChI is InChI=1S/C22H22FN5O2/c1-14-12-17(8-9-18(14)28(2)3)27-22(30)20-19(24-10-11-25-20)21(29)26-13-15-4-6-16(23)7-5-15/h4-12H,13H2,1-3H3,(H,26,29)(H,27,30). The number of amides is 2. The maximum atomic E-state index is 13.0. The van der Waals surface area contributed by atoms with E-state index in [2.05, 4.69) is 20.6 Å². The summed E-state index contributed by atoms with van der Waals surface area (Å²) in [7, 11) is 3.88. The van der Waals surface area contributed by atoms with Gasteiger partial charge in [-0.05, 0) is 48.4 Å². The largest absolute Gasteiger partial charge is 0.377 e. The molecule has 1 heterocycles. The van der Waals surface area contributed by atoms with E-state index in [0.717, 1.165) is 16.8 Å². The molecule has 0 saturated carbocycles. The van der Waals surface area contributed by atoms with Crippen LogP contribution in [-0.2, 0) is 6.54 Å². The van der Waals surface area contributed by atoms with Gasteiger partial charge in [-0.1, -0.05) is 12.1 Å². The van der Waals surface area contributed by atoms with Crippen LogP contribution in [0.3, 0.4) is 0 Å². The van der Waals surface area contributed by atoms with Gasteiger partial charge in [-0.2, -0.15) is 0 Å². The highest BCUT2D eigenvalue weighted by atomic mass is 19.1. The first-order valence-corrected chi connectivity index (χ1v) is 9.28. The highest BCUT2D eigenvalue weighted by molar-refractivity contribution is 6.10. The summed E-state index contributed by atoms with van der Waals surface area (Å²) in [5.41, 5.74) is 3.17.